The maximum atomic E-state index is 11.8. The molecule has 0 radical (unpaired) electrons. The number of aliphatic hydroxyl groups excluding tert-OH is 1. The van der Waals surface area contributed by atoms with Crippen LogP contribution in [0.2, 0.25) is 0 Å². The number of hydrogen-bond acceptors (Lipinski definition) is 3. The summed E-state index contributed by atoms with van der Waals surface area (Å²) in [7, 11) is -3.13. The van der Waals surface area contributed by atoms with E-state index in [1.165, 1.54) is 17.4 Å². The molecule has 5 atom stereocenters. The Bertz CT molecular complexity index is 739. The molecule has 3 aliphatic rings. The summed E-state index contributed by atoms with van der Waals surface area (Å²) in [5.74, 6) is 1.83. The lowest BCUT2D eigenvalue weighted by Crippen LogP contribution is -2.43. The molecule has 1 N–H and O–H groups in total. The van der Waals surface area contributed by atoms with Crippen molar-refractivity contribution in [1.82, 2.24) is 0 Å². The number of fused-ring (bicyclic) bond motifs is 5. The van der Waals surface area contributed by atoms with E-state index in [9.17, 15) is 13.5 Å². The average molecular weight is 334 g/mol. The number of aliphatic hydroxyl groups is 1. The molecule has 23 heavy (non-hydrogen) atoms. The first-order chi connectivity index (χ1) is 10.8. The van der Waals surface area contributed by atoms with Crippen LogP contribution in [0.4, 0.5) is 0 Å². The van der Waals surface area contributed by atoms with E-state index in [-0.39, 0.29) is 11.5 Å². The fourth-order valence-electron chi connectivity index (χ4n) is 5.76. The summed E-state index contributed by atoms with van der Waals surface area (Å²) in [4.78, 5) is 0.451. The molecule has 3 nitrogen and oxygen atoms in total. The van der Waals surface area contributed by atoms with E-state index in [0.29, 0.717) is 22.6 Å². The van der Waals surface area contributed by atoms with Crippen molar-refractivity contribution < 1.29 is 13.5 Å². The topological polar surface area (TPSA) is 54.4 Å². The van der Waals surface area contributed by atoms with Crippen molar-refractivity contribution >= 4 is 9.84 Å². The molecule has 2 fully saturated rings. The van der Waals surface area contributed by atoms with Gasteiger partial charge in [0.1, 0.15) is 0 Å². The summed E-state index contributed by atoms with van der Waals surface area (Å²) in [6.07, 6.45) is 7.57. The molecular formula is C19H26O3S. The van der Waals surface area contributed by atoms with Gasteiger partial charge >= 0.3 is 0 Å². The number of aryl methyl sites for hydroxylation is 1. The highest BCUT2D eigenvalue weighted by atomic mass is 32.2. The van der Waals surface area contributed by atoms with Crippen LogP contribution in [0, 0.1) is 17.3 Å². The van der Waals surface area contributed by atoms with E-state index in [1.807, 2.05) is 6.07 Å². The van der Waals surface area contributed by atoms with Crippen molar-refractivity contribution in [3.8, 4) is 0 Å². The Hall–Kier alpha value is -0.870. The molecule has 4 rings (SSSR count). The average Bonchev–Trinajstić information content (AvgIpc) is 2.81. The summed E-state index contributed by atoms with van der Waals surface area (Å²) >= 11 is 0. The highest BCUT2D eigenvalue weighted by molar-refractivity contribution is 7.90. The summed E-state index contributed by atoms with van der Waals surface area (Å²) in [5, 5.41) is 10.4. The van der Waals surface area contributed by atoms with Crippen LogP contribution in [0.1, 0.15) is 56.1 Å². The molecule has 0 amide bonds. The van der Waals surface area contributed by atoms with Crippen LogP contribution in [0.3, 0.4) is 0 Å². The van der Waals surface area contributed by atoms with Gasteiger partial charge in [0.2, 0.25) is 0 Å². The zero-order valence-electron chi connectivity index (χ0n) is 14.0. The van der Waals surface area contributed by atoms with Gasteiger partial charge in [-0.3, -0.25) is 0 Å². The lowest BCUT2D eigenvalue weighted by atomic mass is 9.55. The smallest absolute Gasteiger partial charge is 0.175 e. The van der Waals surface area contributed by atoms with Crippen LogP contribution in [-0.2, 0) is 16.3 Å². The molecular weight excluding hydrogens is 308 g/mol. The van der Waals surface area contributed by atoms with E-state index in [0.717, 1.165) is 38.5 Å². The van der Waals surface area contributed by atoms with Crippen LogP contribution in [0.15, 0.2) is 23.1 Å². The zero-order chi connectivity index (χ0) is 16.4. The summed E-state index contributed by atoms with van der Waals surface area (Å²) in [6, 6.07) is 5.75. The fourth-order valence-corrected chi connectivity index (χ4v) is 6.43. The van der Waals surface area contributed by atoms with E-state index < -0.39 is 9.84 Å². The Labute approximate surface area is 139 Å². The van der Waals surface area contributed by atoms with Gasteiger partial charge in [-0.15, -0.1) is 0 Å². The Kier molecular flexibility index (Phi) is 3.44. The van der Waals surface area contributed by atoms with Crippen molar-refractivity contribution in [3.05, 3.63) is 29.3 Å². The maximum Gasteiger partial charge on any atom is 0.175 e. The lowest BCUT2D eigenvalue weighted by Gasteiger charge is -2.50. The van der Waals surface area contributed by atoms with Gasteiger partial charge in [-0.1, -0.05) is 13.0 Å². The van der Waals surface area contributed by atoms with Crippen LogP contribution >= 0.6 is 0 Å². The molecule has 0 aliphatic heterocycles. The summed E-state index contributed by atoms with van der Waals surface area (Å²) in [5.41, 5.74) is 2.71. The van der Waals surface area contributed by atoms with E-state index in [1.54, 1.807) is 6.07 Å². The van der Waals surface area contributed by atoms with Gasteiger partial charge in [0.25, 0.3) is 0 Å². The van der Waals surface area contributed by atoms with Gasteiger partial charge in [-0.05, 0) is 85.0 Å². The van der Waals surface area contributed by atoms with Crippen LogP contribution in [0.25, 0.3) is 0 Å². The van der Waals surface area contributed by atoms with Gasteiger partial charge in [0.05, 0.1) is 11.0 Å². The molecule has 0 heterocycles. The van der Waals surface area contributed by atoms with Crippen LogP contribution in [0.5, 0.6) is 0 Å². The molecule has 1 aromatic carbocycles. The van der Waals surface area contributed by atoms with Crippen molar-refractivity contribution in [2.75, 3.05) is 6.26 Å². The van der Waals surface area contributed by atoms with Gasteiger partial charge in [-0.2, -0.15) is 0 Å². The lowest BCUT2D eigenvalue weighted by molar-refractivity contribution is -0.0226. The molecule has 0 saturated heterocycles. The fraction of sp³-hybridized carbons (Fsp3) is 0.684. The number of rotatable bonds is 1. The molecule has 126 valence electrons. The second-order valence-corrected chi connectivity index (χ2v) is 10.2. The third-order valence-electron chi connectivity index (χ3n) is 7.08. The first kappa shape index (κ1) is 15.6. The Morgan fingerprint density at radius 1 is 1.17 bits per heavy atom. The standard InChI is InChI=1S/C19H26O3S/c1-19-10-9-15-14-6-4-13(23(2,21)22)11-12(14)3-5-16(15)17(19)7-8-18(19)20/h4,6,11,15-18,20H,3,5,7-10H2,1-2H3/t15-,16-,17+,18+,19+/m1/s1. The SMILES string of the molecule is C[C@]12CC[C@@H]3c4ccc(S(C)(=O)=O)cc4CC[C@H]3[C@@H]1CC[C@@H]2O. The summed E-state index contributed by atoms with van der Waals surface area (Å²) < 4.78 is 23.6. The molecule has 0 aromatic heterocycles. The first-order valence-electron chi connectivity index (χ1n) is 8.81. The molecule has 0 unspecified atom stereocenters. The van der Waals surface area contributed by atoms with Crippen molar-refractivity contribution in [3.63, 3.8) is 0 Å². The van der Waals surface area contributed by atoms with Gasteiger partial charge in [-0.25, -0.2) is 8.42 Å². The minimum Gasteiger partial charge on any atom is -0.393 e. The number of hydrogen-bond donors (Lipinski definition) is 1. The second kappa shape index (κ2) is 5.06. The molecule has 1 aromatic rings. The quantitative estimate of drug-likeness (QED) is 0.857. The second-order valence-electron chi connectivity index (χ2n) is 8.19. The minimum absolute atomic E-state index is 0.103. The monoisotopic (exact) mass is 334 g/mol. The number of benzene rings is 1. The molecule has 4 heteroatoms. The third kappa shape index (κ3) is 2.29. The highest BCUT2D eigenvalue weighted by Gasteiger charge is 2.54. The summed E-state index contributed by atoms with van der Waals surface area (Å²) in [6.45, 7) is 2.29. The Morgan fingerprint density at radius 2 is 1.96 bits per heavy atom. The van der Waals surface area contributed by atoms with E-state index in [4.69, 9.17) is 0 Å². The first-order valence-corrected chi connectivity index (χ1v) is 10.7. The van der Waals surface area contributed by atoms with Gasteiger partial charge in [0.15, 0.2) is 9.84 Å². The molecule has 0 spiro atoms. The maximum absolute atomic E-state index is 11.8. The van der Waals surface area contributed by atoms with Gasteiger partial charge < -0.3 is 5.11 Å². The normalized spacial score (nSPS) is 39.4. The number of sulfone groups is 1. The van der Waals surface area contributed by atoms with E-state index >= 15 is 0 Å². The zero-order valence-corrected chi connectivity index (χ0v) is 14.8. The van der Waals surface area contributed by atoms with Crippen molar-refractivity contribution in [2.24, 2.45) is 17.3 Å². The highest BCUT2D eigenvalue weighted by Crippen LogP contribution is 2.60. The third-order valence-corrected chi connectivity index (χ3v) is 8.19. The molecule has 3 aliphatic carbocycles. The van der Waals surface area contributed by atoms with Crippen LogP contribution < -0.4 is 0 Å². The van der Waals surface area contributed by atoms with Gasteiger partial charge in [0, 0.05) is 6.26 Å². The largest absolute Gasteiger partial charge is 0.393 e. The minimum atomic E-state index is -3.13. The predicted molar refractivity (Wildman–Crippen MR) is 90.2 cm³/mol. The predicted octanol–water partition coefficient (Wildman–Crippen LogP) is 3.31. The molecule has 0 bridgehead atoms. The van der Waals surface area contributed by atoms with Crippen molar-refractivity contribution in [1.29, 1.82) is 0 Å². The van der Waals surface area contributed by atoms with E-state index in [2.05, 4.69) is 13.0 Å². The van der Waals surface area contributed by atoms with Crippen molar-refractivity contribution in [2.45, 2.75) is 62.4 Å². The Morgan fingerprint density at radius 3 is 2.70 bits per heavy atom. The molecule has 2 saturated carbocycles. The Balaban J connectivity index is 1.70. The van der Waals surface area contributed by atoms with Crippen LogP contribution in [-0.4, -0.2) is 25.9 Å².